The predicted molar refractivity (Wildman–Crippen MR) is 125 cm³/mol. The van der Waals surface area contributed by atoms with E-state index >= 15 is 0 Å². The molecule has 1 aromatic heterocycles. The number of hydrogen-bond acceptors (Lipinski definition) is 5. The van der Waals surface area contributed by atoms with Crippen molar-refractivity contribution in [3.05, 3.63) is 76.0 Å². The van der Waals surface area contributed by atoms with Gasteiger partial charge in [0.15, 0.2) is 0 Å². The molecule has 1 aliphatic rings. The van der Waals surface area contributed by atoms with Crippen LogP contribution in [0.15, 0.2) is 60.0 Å². The van der Waals surface area contributed by atoms with Gasteiger partial charge in [0.2, 0.25) is 5.91 Å². The molecule has 2 atom stereocenters. The quantitative estimate of drug-likeness (QED) is 0.290. The van der Waals surface area contributed by atoms with Gasteiger partial charge in [-0.15, -0.1) is 11.3 Å². The lowest BCUT2D eigenvalue weighted by molar-refractivity contribution is -0.192. The van der Waals surface area contributed by atoms with Crippen LogP contribution in [0.5, 0.6) is 0 Å². The normalized spacial score (nSPS) is 16.3. The number of nitriles is 1. The number of nitrogens with two attached hydrogens (primary N) is 1. The largest absolute Gasteiger partial charge is 0.490 e. The lowest BCUT2D eigenvalue weighted by Crippen LogP contribution is -2.21. The first kappa shape index (κ1) is 25.5. The molecular weight excluding hydrogens is 481 g/mol. The van der Waals surface area contributed by atoms with Gasteiger partial charge in [-0.3, -0.25) is 10.2 Å². The summed E-state index contributed by atoms with van der Waals surface area (Å²) in [5.41, 5.74) is 9.90. The Hall–Kier alpha value is -4.17. The number of hydrogen-bond donors (Lipinski definition) is 4. The van der Waals surface area contributed by atoms with Crippen LogP contribution in [0, 0.1) is 22.7 Å². The molecule has 0 saturated heterocycles. The molecule has 1 fully saturated rings. The number of aliphatic carboxylic acids is 1. The summed E-state index contributed by atoms with van der Waals surface area (Å²) in [5, 5.41) is 28.7. The first-order valence-electron chi connectivity index (χ1n) is 10.1. The molecule has 0 radical (unpaired) electrons. The molecule has 0 unspecified atom stereocenters. The third-order valence-electron chi connectivity index (χ3n) is 5.23. The van der Waals surface area contributed by atoms with Crippen molar-refractivity contribution in [2.24, 2.45) is 11.7 Å². The second kappa shape index (κ2) is 10.4. The summed E-state index contributed by atoms with van der Waals surface area (Å²) in [6.07, 6.45) is -4.29. The lowest BCUT2D eigenvalue weighted by Gasteiger charge is -2.07. The van der Waals surface area contributed by atoms with Gasteiger partial charge in [-0.05, 0) is 53.1 Å². The molecule has 11 heteroatoms. The minimum Gasteiger partial charge on any atom is -0.475 e. The first-order valence-corrected chi connectivity index (χ1v) is 11.0. The Morgan fingerprint density at radius 2 is 1.83 bits per heavy atom. The fourth-order valence-electron chi connectivity index (χ4n) is 3.38. The molecule has 3 aromatic rings. The van der Waals surface area contributed by atoms with Crippen molar-refractivity contribution >= 4 is 34.7 Å². The van der Waals surface area contributed by atoms with Crippen LogP contribution in [0.2, 0.25) is 0 Å². The van der Waals surface area contributed by atoms with Gasteiger partial charge >= 0.3 is 12.1 Å². The second-order valence-corrected chi connectivity index (χ2v) is 8.55. The van der Waals surface area contributed by atoms with Crippen LogP contribution in [-0.2, 0) is 9.59 Å². The van der Waals surface area contributed by atoms with Gasteiger partial charge < -0.3 is 16.2 Å². The summed E-state index contributed by atoms with van der Waals surface area (Å²) in [6.45, 7) is 0. The van der Waals surface area contributed by atoms with Gasteiger partial charge in [0.1, 0.15) is 16.8 Å². The highest BCUT2D eigenvalue weighted by Crippen LogP contribution is 2.48. The van der Waals surface area contributed by atoms with E-state index in [1.165, 1.54) is 11.3 Å². The molecule has 0 spiro atoms. The van der Waals surface area contributed by atoms with E-state index in [0.29, 0.717) is 10.4 Å². The summed E-state index contributed by atoms with van der Waals surface area (Å²) >= 11 is 1.42. The van der Waals surface area contributed by atoms with Crippen LogP contribution >= 0.6 is 11.3 Å². The highest BCUT2D eigenvalue weighted by molar-refractivity contribution is 7.11. The molecule has 0 bridgehead atoms. The van der Waals surface area contributed by atoms with E-state index < -0.39 is 12.1 Å². The Morgan fingerprint density at radius 3 is 2.40 bits per heavy atom. The van der Waals surface area contributed by atoms with Crippen LogP contribution in [0.1, 0.15) is 28.3 Å². The molecule has 0 aliphatic heterocycles. The number of alkyl halides is 3. The zero-order chi connectivity index (χ0) is 25.8. The van der Waals surface area contributed by atoms with Gasteiger partial charge in [-0.1, -0.05) is 30.3 Å². The van der Waals surface area contributed by atoms with E-state index in [-0.39, 0.29) is 23.6 Å². The number of benzene rings is 2. The van der Waals surface area contributed by atoms with E-state index in [9.17, 15) is 18.0 Å². The average molecular weight is 501 g/mol. The van der Waals surface area contributed by atoms with Crippen LogP contribution in [-0.4, -0.2) is 29.0 Å². The minimum absolute atomic E-state index is 0.000717. The van der Waals surface area contributed by atoms with E-state index in [4.69, 9.17) is 26.3 Å². The number of nitrogens with zero attached hydrogens (tertiary/aromatic N) is 1. The second-order valence-electron chi connectivity index (χ2n) is 7.63. The highest BCUT2D eigenvalue weighted by Gasteiger charge is 2.44. The molecule has 1 heterocycles. The number of halogens is 3. The fraction of sp³-hybridized carbons (Fsp3) is 0.167. The highest BCUT2D eigenvalue weighted by atomic mass is 32.1. The van der Waals surface area contributed by atoms with Crippen LogP contribution < -0.4 is 11.1 Å². The Labute approximate surface area is 202 Å². The average Bonchev–Trinajstić information content (AvgIpc) is 3.49. The van der Waals surface area contributed by atoms with Crippen molar-refractivity contribution in [2.45, 2.75) is 18.5 Å². The third-order valence-corrected chi connectivity index (χ3v) is 6.04. The zero-order valence-corrected chi connectivity index (χ0v) is 18.8. The van der Waals surface area contributed by atoms with Crippen molar-refractivity contribution in [1.29, 1.82) is 10.7 Å². The number of carboxylic acid groups (broad SMARTS) is 1. The molecule has 5 N–H and O–H groups in total. The Kier molecular flexibility index (Phi) is 7.56. The Balaban J connectivity index is 0.000000429. The number of amides is 1. The maximum atomic E-state index is 12.6. The lowest BCUT2D eigenvalue weighted by atomic mass is 10.0. The smallest absolute Gasteiger partial charge is 0.475 e. The first-order chi connectivity index (χ1) is 16.5. The maximum Gasteiger partial charge on any atom is 0.490 e. The van der Waals surface area contributed by atoms with Crippen molar-refractivity contribution < 1.29 is 27.9 Å². The van der Waals surface area contributed by atoms with Crippen molar-refractivity contribution in [2.75, 3.05) is 5.32 Å². The van der Waals surface area contributed by atoms with Gasteiger partial charge in [0, 0.05) is 22.7 Å². The summed E-state index contributed by atoms with van der Waals surface area (Å²) in [4.78, 5) is 22.2. The molecule has 1 saturated carbocycles. The summed E-state index contributed by atoms with van der Waals surface area (Å²) in [5.74, 6) is -2.62. The van der Waals surface area contributed by atoms with Gasteiger partial charge in [-0.2, -0.15) is 18.4 Å². The summed E-state index contributed by atoms with van der Waals surface area (Å²) in [6, 6.07) is 19.2. The maximum absolute atomic E-state index is 12.6. The van der Waals surface area contributed by atoms with Gasteiger partial charge in [-0.25, -0.2) is 4.79 Å². The van der Waals surface area contributed by atoms with Crippen LogP contribution in [0.25, 0.3) is 11.1 Å². The SMILES string of the molecule is N#Cc1sccc1-c1ccc(NC(=O)[C@@H]2C[C@@H]2c2cccc(C(=N)N)c2)cc1.O=C(O)C(F)(F)F. The van der Waals surface area contributed by atoms with Crippen molar-refractivity contribution in [1.82, 2.24) is 0 Å². The summed E-state index contributed by atoms with van der Waals surface area (Å²) < 4.78 is 31.7. The molecule has 35 heavy (non-hydrogen) atoms. The summed E-state index contributed by atoms with van der Waals surface area (Å²) in [7, 11) is 0. The predicted octanol–water partition coefficient (Wildman–Crippen LogP) is 4.95. The monoisotopic (exact) mass is 500 g/mol. The Morgan fingerprint density at radius 1 is 1.17 bits per heavy atom. The van der Waals surface area contributed by atoms with E-state index in [0.717, 1.165) is 28.8 Å². The topological polar surface area (TPSA) is 140 Å². The molecule has 2 aromatic carbocycles. The number of carbonyl (C=O) groups excluding carboxylic acids is 1. The van der Waals surface area contributed by atoms with E-state index in [1.807, 2.05) is 53.9 Å². The van der Waals surface area contributed by atoms with Gasteiger partial charge in [0.25, 0.3) is 0 Å². The number of nitrogens with one attached hydrogen (secondary N) is 2. The van der Waals surface area contributed by atoms with Crippen molar-refractivity contribution in [3.63, 3.8) is 0 Å². The zero-order valence-electron chi connectivity index (χ0n) is 18.0. The molecular formula is C24H19F3N4O3S. The third kappa shape index (κ3) is 6.45. The number of carboxylic acids is 1. The fourth-order valence-corrected chi connectivity index (χ4v) is 4.09. The Bertz CT molecular complexity index is 1300. The number of anilines is 1. The number of rotatable bonds is 5. The number of nitrogen functional groups attached to an aromatic ring is 1. The molecule has 180 valence electrons. The minimum atomic E-state index is -5.08. The van der Waals surface area contributed by atoms with Crippen LogP contribution in [0.4, 0.5) is 18.9 Å². The molecule has 1 amide bonds. The van der Waals surface area contributed by atoms with Gasteiger partial charge in [0.05, 0.1) is 0 Å². The van der Waals surface area contributed by atoms with E-state index in [2.05, 4.69) is 11.4 Å². The van der Waals surface area contributed by atoms with Crippen LogP contribution in [0.3, 0.4) is 0 Å². The standard InChI is InChI=1S/C22H18N4OS.C2HF3O2/c23-12-20-17(8-9-28-20)13-4-6-16(7-5-13)26-22(27)19-11-18(19)14-2-1-3-15(10-14)21(24)25;3-2(4,5)1(6)7/h1-10,18-19H,11H2,(H3,24,25)(H,26,27);(H,6,7)/t18-,19-;/m1./s1. The molecule has 1 aliphatic carbocycles. The number of carbonyl (C=O) groups is 2. The number of amidine groups is 1. The number of thiophene rings is 1. The molecule has 7 nitrogen and oxygen atoms in total. The van der Waals surface area contributed by atoms with Crippen molar-refractivity contribution in [3.8, 4) is 17.2 Å². The molecule has 4 rings (SSSR count). The van der Waals surface area contributed by atoms with E-state index in [1.54, 1.807) is 6.07 Å².